The number of amides is 1. The molecule has 0 aliphatic heterocycles. The summed E-state index contributed by atoms with van der Waals surface area (Å²) in [5, 5.41) is 0. The molecule has 1 heterocycles. The van der Waals surface area contributed by atoms with Gasteiger partial charge < -0.3 is 0 Å². The number of nitrogens with zero attached hydrogens (tertiary/aromatic N) is 2. The Labute approximate surface area is 56.2 Å². The lowest BCUT2D eigenvalue weighted by Gasteiger charge is -1.79. The Balaban J connectivity index is 2.89. The average molecular weight is 140 g/mol. The summed E-state index contributed by atoms with van der Waals surface area (Å²) in [4.78, 5) is 14.4. The van der Waals surface area contributed by atoms with Crippen LogP contribution in [-0.4, -0.2) is 17.0 Å². The Morgan fingerprint density at radius 3 is 3.11 bits per heavy atom. The van der Waals surface area contributed by atoms with Crippen molar-refractivity contribution in [2.75, 3.05) is 0 Å². The van der Waals surface area contributed by atoms with Crippen LogP contribution in [0, 0.1) is 0 Å². The molecule has 0 saturated carbocycles. The fraction of sp³-hybridized carbons (Fsp3) is 0. The third kappa shape index (κ3) is 1.20. The van der Waals surface area contributed by atoms with Gasteiger partial charge in [-0.3, -0.25) is 4.79 Å². The maximum absolute atomic E-state index is 10.6. The minimum atomic E-state index is -0.308. The van der Waals surface area contributed by atoms with Gasteiger partial charge in [-0.2, -0.15) is 0 Å². The number of aromatic nitrogens is 1. The zero-order chi connectivity index (χ0) is 6.69. The molecular formula is C5H4N2OS. The lowest BCUT2D eigenvalue weighted by Crippen LogP contribution is -1.86. The third-order valence-electron chi connectivity index (χ3n) is 0.792. The zero-order valence-corrected chi connectivity index (χ0v) is 5.39. The Morgan fingerprint density at radius 2 is 2.67 bits per heavy atom. The molecule has 1 amide bonds. The van der Waals surface area contributed by atoms with E-state index in [4.69, 9.17) is 0 Å². The summed E-state index contributed by atoms with van der Waals surface area (Å²) in [6.45, 7) is 3.10. The van der Waals surface area contributed by atoms with Crippen LogP contribution in [0.5, 0.6) is 0 Å². The first-order valence-corrected chi connectivity index (χ1v) is 3.03. The molecule has 1 rings (SSSR count). The van der Waals surface area contributed by atoms with Gasteiger partial charge in [-0.15, -0.1) is 0 Å². The molecule has 3 nitrogen and oxygen atoms in total. The maximum Gasteiger partial charge on any atom is 0.288 e. The molecule has 0 radical (unpaired) electrons. The van der Waals surface area contributed by atoms with Crippen molar-refractivity contribution < 1.29 is 4.79 Å². The normalized spacial score (nSPS) is 8.89. The molecule has 1 aromatic heterocycles. The average Bonchev–Trinajstić information content (AvgIpc) is 2.37. The van der Waals surface area contributed by atoms with Gasteiger partial charge in [0.15, 0.2) is 0 Å². The van der Waals surface area contributed by atoms with Crippen molar-refractivity contribution in [2.24, 2.45) is 4.99 Å². The van der Waals surface area contributed by atoms with Crippen LogP contribution in [0.1, 0.15) is 9.67 Å². The van der Waals surface area contributed by atoms with E-state index in [1.54, 1.807) is 12.3 Å². The van der Waals surface area contributed by atoms with Crippen LogP contribution in [-0.2, 0) is 0 Å². The first-order valence-electron chi connectivity index (χ1n) is 2.26. The van der Waals surface area contributed by atoms with Gasteiger partial charge in [0, 0.05) is 6.20 Å². The summed E-state index contributed by atoms with van der Waals surface area (Å²) in [6, 6.07) is 1.61. The van der Waals surface area contributed by atoms with Crippen LogP contribution in [0.25, 0.3) is 0 Å². The van der Waals surface area contributed by atoms with Gasteiger partial charge in [0.25, 0.3) is 5.91 Å². The quantitative estimate of drug-likeness (QED) is 0.546. The van der Waals surface area contributed by atoms with E-state index < -0.39 is 0 Å². The highest BCUT2D eigenvalue weighted by Crippen LogP contribution is 2.04. The van der Waals surface area contributed by atoms with Crippen LogP contribution >= 0.6 is 11.5 Å². The predicted molar refractivity (Wildman–Crippen MR) is 36.0 cm³/mol. The zero-order valence-electron chi connectivity index (χ0n) is 4.57. The minimum Gasteiger partial charge on any atom is -0.266 e. The molecule has 0 unspecified atom stereocenters. The van der Waals surface area contributed by atoms with Crippen LogP contribution in [0.3, 0.4) is 0 Å². The van der Waals surface area contributed by atoms with Gasteiger partial charge in [-0.25, -0.2) is 9.37 Å². The molecule has 0 fully saturated rings. The molecule has 0 bridgehead atoms. The maximum atomic E-state index is 10.6. The summed E-state index contributed by atoms with van der Waals surface area (Å²) in [7, 11) is 0. The van der Waals surface area contributed by atoms with Crippen LogP contribution in [0.15, 0.2) is 17.3 Å². The first-order chi connectivity index (χ1) is 4.34. The molecule has 0 atom stereocenters. The molecule has 4 heteroatoms. The Morgan fingerprint density at radius 1 is 1.89 bits per heavy atom. The van der Waals surface area contributed by atoms with Gasteiger partial charge in [-0.05, 0) is 24.3 Å². The molecule has 0 N–H and O–H groups in total. The fourth-order valence-corrected chi connectivity index (χ4v) is 0.904. The smallest absolute Gasteiger partial charge is 0.266 e. The lowest BCUT2D eigenvalue weighted by molar-refractivity contribution is 0.101. The van der Waals surface area contributed by atoms with Crippen molar-refractivity contribution in [1.29, 1.82) is 0 Å². The fourth-order valence-electron chi connectivity index (χ4n) is 0.404. The Kier molecular flexibility index (Phi) is 1.69. The van der Waals surface area contributed by atoms with E-state index >= 15 is 0 Å². The van der Waals surface area contributed by atoms with E-state index in [9.17, 15) is 4.79 Å². The van der Waals surface area contributed by atoms with Gasteiger partial charge in [-0.1, -0.05) is 0 Å². The highest BCUT2D eigenvalue weighted by atomic mass is 32.1. The number of aliphatic imine (C=N–C) groups is 1. The van der Waals surface area contributed by atoms with E-state index in [1.807, 2.05) is 0 Å². The molecule has 1 aromatic rings. The highest BCUT2D eigenvalue weighted by molar-refractivity contribution is 7.08. The summed E-state index contributed by atoms with van der Waals surface area (Å²) >= 11 is 1.12. The van der Waals surface area contributed by atoms with Crippen molar-refractivity contribution in [1.82, 2.24) is 4.37 Å². The van der Waals surface area contributed by atoms with E-state index in [-0.39, 0.29) is 5.91 Å². The van der Waals surface area contributed by atoms with E-state index in [0.29, 0.717) is 4.88 Å². The molecule has 0 aromatic carbocycles. The molecular weight excluding hydrogens is 136 g/mol. The van der Waals surface area contributed by atoms with Crippen molar-refractivity contribution in [2.45, 2.75) is 0 Å². The summed E-state index contributed by atoms with van der Waals surface area (Å²) in [5.74, 6) is -0.308. The number of hydrogen-bond donors (Lipinski definition) is 0. The van der Waals surface area contributed by atoms with Crippen LogP contribution < -0.4 is 0 Å². The van der Waals surface area contributed by atoms with E-state index in [2.05, 4.69) is 16.1 Å². The summed E-state index contributed by atoms with van der Waals surface area (Å²) in [5.41, 5.74) is 0. The van der Waals surface area contributed by atoms with E-state index in [1.165, 1.54) is 0 Å². The second kappa shape index (κ2) is 2.50. The van der Waals surface area contributed by atoms with Crippen LogP contribution in [0.4, 0.5) is 0 Å². The molecule has 9 heavy (non-hydrogen) atoms. The number of hydrogen-bond acceptors (Lipinski definition) is 3. The monoisotopic (exact) mass is 140 g/mol. The second-order valence-corrected chi connectivity index (χ2v) is 2.17. The second-order valence-electron chi connectivity index (χ2n) is 1.34. The highest BCUT2D eigenvalue weighted by Gasteiger charge is 2.01. The molecule has 0 saturated heterocycles. The largest absolute Gasteiger partial charge is 0.288 e. The van der Waals surface area contributed by atoms with Crippen LogP contribution in [0.2, 0.25) is 0 Å². The lowest BCUT2D eigenvalue weighted by atomic mass is 10.5. The molecule has 46 valence electrons. The topological polar surface area (TPSA) is 42.3 Å². The summed E-state index contributed by atoms with van der Waals surface area (Å²) in [6.07, 6.45) is 1.56. The van der Waals surface area contributed by atoms with Crippen molar-refractivity contribution in [3.63, 3.8) is 0 Å². The van der Waals surface area contributed by atoms with Gasteiger partial charge in [0.1, 0.15) is 4.88 Å². The summed E-state index contributed by atoms with van der Waals surface area (Å²) < 4.78 is 3.72. The van der Waals surface area contributed by atoms with E-state index in [0.717, 1.165) is 11.5 Å². The Hall–Kier alpha value is -1.03. The first kappa shape index (κ1) is 6.10. The Bertz CT molecular complexity index is 217. The van der Waals surface area contributed by atoms with Crippen molar-refractivity contribution >= 4 is 24.2 Å². The number of carbonyl (C=O) groups excluding carboxylic acids is 1. The van der Waals surface area contributed by atoms with Crippen molar-refractivity contribution in [3.8, 4) is 0 Å². The van der Waals surface area contributed by atoms with Gasteiger partial charge >= 0.3 is 0 Å². The standard InChI is InChI=1S/C5H4N2OS/c1-6-5(8)4-2-3-7-9-4/h2-3H,1H2. The third-order valence-corrected chi connectivity index (χ3v) is 1.53. The molecule has 0 spiro atoms. The SMILES string of the molecule is C=NC(=O)c1ccns1. The minimum absolute atomic E-state index is 0.308. The van der Waals surface area contributed by atoms with Gasteiger partial charge in [0.05, 0.1) is 0 Å². The molecule has 0 aliphatic rings. The van der Waals surface area contributed by atoms with Crippen molar-refractivity contribution in [3.05, 3.63) is 17.1 Å². The predicted octanol–water partition coefficient (Wildman–Crippen LogP) is 0.984. The van der Waals surface area contributed by atoms with Gasteiger partial charge in [0.2, 0.25) is 0 Å². The number of rotatable bonds is 1. The number of carbonyl (C=O) groups is 1. The molecule has 0 aliphatic carbocycles.